The minimum Gasteiger partial charge on any atom is -0.488 e. The number of para-hydroxylation sites is 1. The second kappa shape index (κ2) is 9.95. The van der Waals surface area contributed by atoms with Crippen LogP contribution in [0.1, 0.15) is 5.56 Å². The summed E-state index contributed by atoms with van der Waals surface area (Å²) < 4.78 is 6.66. The Morgan fingerprint density at radius 2 is 1.38 bits per heavy atom. The molecule has 0 aliphatic heterocycles. The zero-order chi connectivity index (χ0) is 23.5. The molecule has 32 heavy (non-hydrogen) atoms. The lowest BCUT2D eigenvalue weighted by Crippen LogP contribution is -2.48. The van der Waals surface area contributed by atoms with Crippen LogP contribution in [0.3, 0.4) is 0 Å². The van der Waals surface area contributed by atoms with Gasteiger partial charge in [0, 0.05) is 30.4 Å². The topological polar surface area (TPSA) is 12.5 Å². The summed E-state index contributed by atoms with van der Waals surface area (Å²) in [5.74, 6) is 1.13. The Kier molecular flexibility index (Phi) is 7.70. The summed E-state index contributed by atoms with van der Waals surface area (Å²) in [6, 6.07) is 24.2. The van der Waals surface area contributed by atoms with E-state index in [9.17, 15) is 0 Å². The van der Waals surface area contributed by atoms with Crippen LogP contribution in [0.5, 0.6) is 5.75 Å². The van der Waals surface area contributed by atoms with Crippen molar-refractivity contribution in [3.63, 3.8) is 0 Å². The van der Waals surface area contributed by atoms with E-state index in [0.29, 0.717) is 15.2 Å². The lowest BCUT2D eigenvalue weighted by molar-refractivity contribution is 0.311. The first-order chi connectivity index (χ1) is 15.0. The predicted octanol–water partition coefficient (Wildman–Crippen LogP) is 5.05. The zero-order valence-corrected chi connectivity index (χ0v) is 23.9. The van der Waals surface area contributed by atoms with E-state index in [-0.39, 0.29) is 0 Å². The number of ether oxygens (including phenoxy) is 1. The molecule has 0 aliphatic rings. The van der Waals surface area contributed by atoms with E-state index in [1.807, 2.05) is 0 Å². The summed E-state index contributed by atoms with van der Waals surface area (Å²) in [5.41, 5.74) is 2.50. The van der Waals surface area contributed by atoms with Crippen molar-refractivity contribution < 1.29 is 4.74 Å². The third kappa shape index (κ3) is 6.12. The summed E-state index contributed by atoms with van der Waals surface area (Å²) >= 11 is 0. The van der Waals surface area contributed by atoms with E-state index in [1.165, 1.54) is 32.2 Å². The van der Waals surface area contributed by atoms with E-state index in [0.717, 1.165) is 5.75 Å². The fourth-order valence-electron chi connectivity index (χ4n) is 3.71. The number of rotatable bonds is 8. The maximum Gasteiger partial charge on any atom is 0.126 e. The molecule has 0 fully saturated rings. The lowest BCUT2D eigenvalue weighted by Gasteiger charge is -2.28. The highest BCUT2D eigenvalue weighted by Crippen LogP contribution is 2.26. The van der Waals surface area contributed by atoms with Gasteiger partial charge in [-0.15, -0.1) is 0 Å². The summed E-state index contributed by atoms with van der Waals surface area (Å²) in [6.45, 7) is 15.3. The van der Waals surface area contributed by atoms with Crippen LogP contribution in [0, 0.1) is 0 Å². The van der Waals surface area contributed by atoms with Gasteiger partial charge in [-0.2, -0.15) is 0 Å². The number of nitrogens with zero attached hydrogens (tertiary/aromatic N) is 1. The summed E-state index contributed by atoms with van der Waals surface area (Å²) in [6.07, 6.45) is 0. The normalized spacial score (nSPS) is 12.4. The van der Waals surface area contributed by atoms with Gasteiger partial charge in [0.1, 0.15) is 12.4 Å². The summed E-state index contributed by atoms with van der Waals surface area (Å²) in [4.78, 5) is 2.22. The Labute approximate surface area is 198 Å². The Hall–Kier alpha value is -1.88. The molecule has 1 unspecified atom stereocenters. The largest absolute Gasteiger partial charge is 0.488 e. The second-order valence-electron chi connectivity index (χ2n) is 10.7. The molecule has 0 radical (unpaired) electrons. The quantitative estimate of drug-likeness (QED) is 0.331. The molecular weight excluding hydrogens is 441 g/mol. The molecule has 3 rings (SSSR count). The molecule has 2 nitrogen and oxygen atoms in total. The lowest BCUT2D eigenvalue weighted by atomic mass is 10.2. The van der Waals surface area contributed by atoms with E-state index in [4.69, 9.17) is 4.74 Å². The fraction of sp³-hybridized carbons (Fsp3) is 0.333. The van der Waals surface area contributed by atoms with Crippen LogP contribution < -0.4 is 30.6 Å². The Morgan fingerprint density at radius 3 is 1.97 bits per heavy atom. The van der Waals surface area contributed by atoms with Crippen LogP contribution in [0.2, 0.25) is 39.3 Å². The molecule has 5 heteroatoms. The van der Waals surface area contributed by atoms with Crippen LogP contribution in [-0.2, 0) is 6.61 Å². The van der Waals surface area contributed by atoms with Gasteiger partial charge in [0.05, 0.1) is 16.1 Å². The van der Waals surface area contributed by atoms with Crippen LogP contribution in [0.4, 0.5) is 5.69 Å². The molecule has 0 bridgehead atoms. The van der Waals surface area contributed by atoms with Gasteiger partial charge >= 0.3 is 0 Å². The Bertz CT molecular complexity index is 1050. The highest BCUT2D eigenvalue weighted by Gasteiger charge is 2.28. The van der Waals surface area contributed by atoms with Crippen molar-refractivity contribution in [1.82, 2.24) is 0 Å². The molecule has 0 N–H and O–H groups in total. The molecule has 0 aliphatic carbocycles. The average molecular weight is 480 g/mol. The van der Waals surface area contributed by atoms with Crippen molar-refractivity contribution in [2.45, 2.75) is 45.9 Å². The van der Waals surface area contributed by atoms with E-state index in [2.05, 4.69) is 125 Å². The van der Waals surface area contributed by atoms with Gasteiger partial charge in [-0.3, -0.25) is 0 Å². The van der Waals surface area contributed by atoms with Crippen LogP contribution in [0.15, 0.2) is 66.7 Å². The highest BCUT2D eigenvalue weighted by atomic mass is 31.1. The predicted molar refractivity (Wildman–Crippen MR) is 152 cm³/mol. The van der Waals surface area contributed by atoms with Crippen molar-refractivity contribution in [3.8, 4) is 5.75 Å². The molecule has 0 saturated carbocycles. The molecule has 3 aromatic carbocycles. The van der Waals surface area contributed by atoms with Crippen LogP contribution >= 0.6 is 8.58 Å². The fourth-order valence-corrected chi connectivity index (χ4v) is 8.21. The molecular formula is C27H38NOPSi2. The van der Waals surface area contributed by atoms with Gasteiger partial charge < -0.3 is 9.64 Å². The highest BCUT2D eigenvalue weighted by molar-refractivity contribution is 7.56. The van der Waals surface area contributed by atoms with Crippen LogP contribution in [0.25, 0.3) is 0 Å². The summed E-state index contributed by atoms with van der Waals surface area (Å²) in [5, 5.41) is 5.72. The first-order valence-corrected chi connectivity index (χ1v) is 19.4. The third-order valence-electron chi connectivity index (χ3n) is 5.64. The monoisotopic (exact) mass is 479 g/mol. The minimum absolute atomic E-state index is 0.563. The SMILES string of the molecule is CN(C)c1ccccc1Pc1cc([Si](C)(C)C)cc([Si](C)(C)C)c1OCc1ccccc1. The van der Waals surface area contributed by atoms with Crippen molar-refractivity contribution >= 4 is 51.4 Å². The maximum atomic E-state index is 6.66. The summed E-state index contributed by atoms with van der Waals surface area (Å²) in [7, 11) is 1.72. The first-order valence-electron chi connectivity index (χ1n) is 11.4. The van der Waals surface area contributed by atoms with Crippen molar-refractivity contribution in [3.05, 3.63) is 72.3 Å². The first kappa shape index (κ1) is 24.8. The molecule has 0 heterocycles. The van der Waals surface area contributed by atoms with Gasteiger partial charge in [-0.05, 0) is 16.8 Å². The van der Waals surface area contributed by atoms with Gasteiger partial charge in [-0.25, -0.2) is 0 Å². The smallest absolute Gasteiger partial charge is 0.126 e. The van der Waals surface area contributed by atoms with Gasteiger partial charge in [0.2, 0.25) is 0 Å². The molecule has 1 atom stereocenters. The molecule has 3 aromatic rings. The standard InChI is InChI=1S/C27H38NOPSi2/c1-28(2)23-16-12-13-17-24(23)30-25-18-22(31(3,4)5)19-26(32(6,7)8)27(25)29-20-21-14-10-9-11-15-21/h9-19,30H,20H2,1-8H3. The Morgan fingerprint density at radius 1 is 0.750 bits per heavy atom. The number of benzene rings is 3. The zero-order valence-electron chi connectivity index (χ0n) is 20.9. The van der Waals surface area contributed by atoms with E-state index < -0.39 is 16.1 Å². The van der Waals surface area contributed by atoms with E-state index >= 15 is 0 Å². The molecule has 0 aromatic heterocycles. The average Bonchev–Trinajstić information content (AvgIpc) is 2.72. The number of hydrogen-bond donors (Lipinski definition) is 0. The maximum absolute atomic E-state index is 6.66. The molecule has 170 valence electrons. The second-order valence-corrected chi connectivity index (χ2v) is 22.2. The van der Waals surface area contributed by atoms with E-state index in [1.54, 1.807) is 0 Å². The van der Waals surface area contributed by atoms with Gasteiger partial charge in [0.25, 0.3) is 0 Å². The van der Waals surface area contributed by atoms with Gasteiger partial charge in [0.15, 0.2) is 0 Å². The van der Waals surface area contributed by atoms with Crippen LogP contribution in [-0.4, -0.2) is 30.2 Å². The van der Waals surface area contributed by atoms with Crippen molar-refractivity contribution in [1.29, 1.82) is 0 Å². The third-order valence-corrected chi connectivity index (χ3v) is 11.0. The van der Waals surface area contributed by atoms with Crippen molar-refractivity contribution in [2.75, 3.05) is 19.0 Å². The molecule has 0 amide bonds. The minimum atomic E-state index is -1.62. The van der Waals surface area contributed by atoms with Gasteiger partial charge in [-0.1, -0.05) is 114 Å². The van der Waals surface area contributed by atoms with Crippen molar-refractivity contribution in [2.24, 2.45) is 0 Å². The molecule has 0 spiro atoms. The Balaban J connectivity index is 2.15. The number of anilines is 1. The number of hydrogen-bond acceptors (Lipinski definition) is 2. The molecule has 0 saturated heterocycles.